The average molecular weight is 201 g/mol. The van der Waals surface area contributed by atoms with Crippen molar-refractivity contribution in [1.29, 1.82) is 0 Å². The van der Waals surface area contributed by atoms with E-state index in [9.17, 15) is 13.2 Å². The topological polar surface area (TPSA) is 12.9 Å². The van der Waals surface area contributed by atoms with Crippen molar-refractivity contribution in [2.45, 2.75) is 31.9 Å². The summed E-state index contributed by atoms with van der Waals surface area (Å²) in [5, 5.41) is 0. The lowest BCUT2D eigenvalue weighted by atomic mass is 10.1. The van der Waals surface area contributed by atoms with Crippen molar-refractivity contribution in [1.82, 2.24) is 4.98 Å². The van der Waals surface area contributed by atoms with Crippen molar-refractivity contribution in [2.24, 2.45) is 0 Å². The van der Waals surface area contributed by atoms with Crippen LogP contribution in [0.3, 0.4) is 0 Å². The smallest absolute Gasteiger partial charge is 0.261 e. The summed E-state index contributed by atoms with van der Waals surface area (Å²) in [4.78, 5) is 3.79. The number of aromatic nitrogens is 1. The number of alkyl halides is 3. The van der Waals surface area contributed by atoms with Gasteiger partial charge in [-0.05, 0) is 37.3 Å². The Morgan fingerprint density at radius 1 is 1.36 bits per heavy atom. The van der Waals surface area contributed by atoms with E-state index in [1.165, 1.54) is 6.07 Å². The van der Waals surface area contributed by atoms with Gasteiger partial charge in [0.2, 0.25) is 0 Å². The lowest BCUT2D eigenvalue weighted by Crippen LogP contribution is -2.07. The van der Waals surface area contributed by atoms with E-state index in [2.05, 4.69) is 4.98 Å². The van der Waals surface area contributed by atoms with Crippen molar-refractivity contribution in [3.05, 3.63) is 29.1 Å². The number of nitrogens with zero attached hydrogens (tertiary/aromatic N) is 1. The summed E-state index contributed by atoms with van der Waals surface area (Å²) in [6.07, 6.45) is -1.39. The average Bonchev–Trinajstić information content (AvgIpc) is 2.85. The molecule has 1 aliphatic carbocycles. The van der Waals surface area contributed by atoms with Crippen molar-refractivity contribution in [2.75, 3.05) is 0 Å². The second-order valence-electron chi connectivity index (χ2n) is 3.67. The van der Waals surface area contributed by atoms with E-state index >= 15 is 0 Å². The van der Waals surface area contributed by atoms with Crippen LogP contribution in [-0.2, 0) is 6.18 Å². The normalized spacial score (nSPS) is 17.1. The molecule has 0 aliphatic heterocycles. The third-order valence-electron chi connectivity index (χ3n) is 2.47. The molecule has 0 N–H and O–H groups in total. The SMILES string of the molecule is Cc1ncc(C(F)(F)F)cc1C1CC1. The lowest BCUT2D eigenvalue weighted by Gasteiger charge is -2.09. The molecule has 76 valence electrons. The van der Waals surface area contributed by atoms with Crippen molar-refractivity contribution in [3.63, 3.8) is 0 Å². The fourth-order valence-electron chi connectivity index (χ4n) is 1.51. The van der Waals surface area contributed by atoms with Gasteiger partial charge in [-0.3, -0.25) is 4.98 Å². The summed E-state index contributed by atoms with van der Waals surface area (Å²) < 4.78 is 37.0. The van der Waals surface area contributed by atoms with Gasteiger partial charge in [-0.15, -0.1) is 0 Å². The van der Waals surface area contributed by atoms with Gasteiger partial charge in [0.25, 0.3) is 0 Å². The minimum atomic E-state index is -4.27. The van der Waals surface area contributed by atoms with Crippen molar-refractivity contribution >= 4 is 0 Å². The highest BCUT2D eigenvalue weighted by Gasteiger charge is 2.33. The Morgan fingerprint density at radius 2 is 2.00 bits per heavy atom. The summed E-state index contributed by atoms with van der Waals surface area (Å²) in [6.45, 7) is 1.76. The monoisotopic (exact) mass is 201 g/mol. The van der Waals surface area contributed by atoms with Gasteiger partial charge in [0.1, 0.15) is 0 Å². The zero-order chi connectivity index (χ0) is 10.3. The molecule has 2 rings (SSSR count). The van der Waals surface area contributed by atoms with E-state index < -0.39 is 11.7 Å². The predicted molar refractivity (Wildman–Crippen MR) is 46.0 cm³/mol. The Morgan fingerprint density at radius 3 is 2.50 bits per heavy atom. The van der Waals surface area contributed by atoms with Crippen LogP contribution in [0.1, 0.15) is 35.6 Å². The molecule has 0 saturated heterocycles. The van der Waals surface area contributed by atoms with E-state index in [-0.39, 0.29) is 0 Å². The highest BCUT2D eigenvalue weighted by atomic mass is 19.4. The first kappa shape index (κ1) is 9.49. The van der Waals surface area contributed by atoms with E-state index in [4.69, 9.17) is 0 Å². The van der Waals surface area contributed by atoms with E-state index in [0.29, 0.717) is 5.92 Å². The number of aryl methyl sites for hydroxylation is 1. The molecule has 1 aliphatic rings. The second kappa shape index (κ2) is 2.97. The fraction of sp³-hybridized carbons (Fsp3) is 0.500. The predicted octanol–water partition coefficient (Wildman–Crippen LogP) is 3.29. The van der Waals surface area contributed by atoms with E-state index in [1.54, 1.807) is 6.92 Å². The minimum Gasteiger partial charge on any atom is -0.261 e. The van der Waals surface area contributed by atoms with Gasteiger partial charge in [0.15, 0.2) is 0 Å². The second-order valence-corrected chi connectivity index (χ2v) is 3.67. The standard InChI is InChI=1S/C10H10F3N/c1-6-9(7-2-3-7)4-8(5-14-6)10(11,12)13/h4-5,7H,2-3H2,1H3. The first-order valence-electron chi connectivity index (χ1n) is 4.52. The van der Waals surface area contributed by atoms with Gasteiger partial charge in [-0.25, -0.2) is 0 Å². The van der Waals surface area contributed by atoms with Crippen LogP contribution in [0.4, 0.5) is 13.2 Å². The van der Waals surface area contributed by atoms with E-state index in [0.717, 1.165) is 30.3 Å². The third-order valence-corrected chi connectivity index (χ3v) is 2.47. The molecule has 1 heterocycles. The highest BCUT2D eigenvalue weighted by Crippen LogP contribution is 2.42. The molecule has 0 amide bonds. The molecule has 0 spiro atoms. The largest absolute Gasteiger partial charge is 0.417 e. The zero-order valence-electron chi connectivity index (χ0n) is 7.73. The first-order chi connectivity index (χ1) is 6.48. The molecule has 1 aromatic heterocycles. The minimum absolute atomic E-state index is 0.310. The van der Waals surface area contributed by atoms with Gasteiger partial charge in [0.05, 0.1) is 5.56 Å². The van der Waals surface area contributed by atoms with Crippen LogP contribution >= 0.6 is 0 Å². The Balaban J connectivity index is 2.40. The Bertz CT molecular complexity index is 353. The summed E-state index contributed by atoms with van der Waals surface area (Å²) in [5.41, 5.74) is 0.852. The third kappa shape index (κ3) is 1.74. The molecular formula is C10H10F3N. The summed E-state index contributed by atoms with van der Waals surface area (Å²) in [6, 6.07) is 1.24. The molecule has 0 unspecified atom stereocenters. The number of hydrogen-bond acceptors (Lipinski definition) is 1. The highest BCUT2D eigenvalue weighted by molar-refractivity contribution is 5.32. The van der Waals surface area contributed by atoms with Gasteiger partial charge >= 0.3 is 6.18 Å². The van der Waals surface area contributed by atoms with Gasteiger partial charge in [-0.2, -0.15) is 13.2 Å². The molecule has 0 radical (unpaired) electrons. The van der Waals surface area contributed by atoms with Crippen LogP contribution in [0.2, 0.25) is 0 Å². The summed E-state index contributed by atoms with van der Waals surface area (Å²) in [7, 11) is 0. The number of hydrogen-bond donors (Lipinski definition) is 0. The molecule has 1 fully saturated rings. The maximum absolute atomic E-state index is 12.3. The van der Waals surface area contributed by atoms with Gasteiger partial charge in [-0.1, -0.05) is 0 Å². The lowest BCUT2D eigenvalue weighted by molar-refractivity contribution is -0.137. The fourth-order valence-corrected chi connectivity index (χ4v) is 1.51. The maximum Gasteiger partial charge on any atom is 0.417 e. The van der Waals surface area contributed by atoms with Crippen LogP contribution in [0.15, 0.2) is 12.3 Å². The molecule has 1 aromatic rings. The van der Waals surface area contributed by atoms with Crippen molar-refractivity contribution < 1.29 is 13.2 Å². The molecule has 0 bridgehead atoms. The molecule has 0 aromatic carbocycles. The summed E-state index contributed by atoms with van der Waals surface area (Å²) in [5.74, 6) is 0.310. The van der Waals surface area contributed by atoms with Crippen molar-refractivity contribution in [3.8, 4) is 0 Å². The quantitative estimate of drug-likeness (QED) is 0.679. The molecule has 1 nitrogen and oxygen atoms in total. The molecule has 14 heavy (non-hydrogen) atoms. The van der Waals surface area contributed by atoms with Crippen LogP contribution in [-0.4, -0.2) is 4.98 Å². The number of pyridine rings is 1. The molecule has 1 saturated carbocycles. The Hall–Kier alpha value is -1.06. The molecular weight excluding hydrogens is 191 g/mol. The van der Waals surface area contributed by atoms with Crippen LogP contribution in [0.5, 0.6) is 0 Å². The summed E-state index contributed by atoms with van der Waals surface area (Å²) >= 11 is 0. The number of rotatable bonds is 1. The Labute approximate surface area is 80.0 Å². The van der Waals surface area contributed by atoms with Crippen LogP contribution < -0.4 is 0 Å². The maximum atomic E-state index is 12.3. The van der Waals surface area contributed by atoms with Gasteiger partial charge < -0.3 is 0 Å². The van der Waals surface area contributed by atoms with E-state index in [1.807, 2.05) is 0 Å². The Kier molecular flexibility index (Phi) is 2.01. The molecule has 4 heteroatoms. The molecule has 0 atom stereocenters. The first-order valence-corrected chi connectivity index (χ1v) is 4.52. The zero-order valence-corrected chi connectivity index (χ0v) is 7.73. The van der Waals surface area contributed by atoms with Crippen LogP contribution in [0.25, 0.3) is 0 Å². The van der Waals surface area contributed by atoms with Crippen LogP contribution in [0, 0.1) is 6.92 Å². The van der Waals surface area contributed by atoms with Gasteiger partial charge in [0, 0.05) is 11.9 Å². The number of halogens is 3.